The SMILES string of the molecule is CCCCC[C@H](O)/C=C/[C@@H]1[C@@H](CCCCCCC(=O)O[C@H](COC(=O)CCCCCCCCCCCCCCCC(C)C)COP(=O)(O)O)[C@@H](O)C[C@H]1O. The van der Waals surface area contributed by atoms with Gasteiger partial charge in [-0.3, -0.25) is 14.1 Å². The molecule has 6 atom stereocenters. The van der Waals surface area contributed by atoms with Crippen LogP contribution in [-0.4, -0.2) is 74.7 Å². The number of phosphoric acid groups is 1. The molecule has 0 heterocycles. The second-order valence-electron chi connectivity index (χ2n) is 16.1. The molecule has 1 aliphatic carbocycles. The van der Waals surface area contributed by atoms with Crippen LogP contribution < -0.4 is 0 Å². The van der Waals surface area contributed by atoms with Crippen LogP contribution in [0, 0.1) is 17.8 Å². The molecular weight excluding hydrogens is 711 g/mol. The van der Waals surface area contributed by atoms with Crippen molar-refractivity contribution in [2.75, 3.05) is 13.2 Å². The van der Waals surface area contributed by atoms with E-state index >= 15 is 0 Å². The minimum absolute atomic E-state index is 0.0883. The molecule has 5 N–H and O–H groups in total. The topological polar surface area (TPSA) is 180 Å². The first-order valence-corrected chi connectivity index (χ1v) is 23.1. The van der Waals surface area contributed by atoms with E-state index in [0.29, 0.717) is 25.7 Å². The molecule has 0 aromatic rings. The zero-order valence-corrected chi connectivity index (χ0v) is 35.0. The highest BCUT2D eigenvalue weighted by Crippen LogP contribution is 2.38. The Bertz CT molecular complexity index is 1020. The zero-order valence-electron chi connectivity index (χ0n) is 34.1. The van der Waals surface area contributed by atoms with Gasteiger partial charge in [0.1, 0.15) is 6.61 Å². The van der Waals surface area contributed by atoms with Crippen LogP contribution in [0.5, 0.6) is 0 Å². The molecule has 0 amide bonds. The third-order valence-electron chi connectivity index (χ3n) is 10.6. The molecular formula is C42H79O11P. The van der Waals surface area contributed by atoms with Gasteiger partial charge in [0.05, 0.1) is 24.9 Å². The van der Waals surface area contributed by atoms with E-state index < -0.39 is 50.8 Å². The maximum absolute atomic E-state index is 12.5. The number of hydrogen-bond acceptors (Lipinski definition) is 9. The number of ether oxygens (including phenoxy) is 2. The Hall–Kier alpha value is -1.33. The van der Waals surface area contributed by atoms with E-state index in [1.807, 2.05) is 6.08 Å². The average molecular weight is 791 g/mol. The molecule has 0 bridgehead atoms. The molecule has 318 valence electrons. The average Bonchev–Trinajstić information content (AvgIpc) is 3.38. The van der Waals surface area contributed by atoms with E-state index in [4.69, 9.17) is 19.3 Å². The molecule has 0 radical (unpaired) electrons. The fourth-order valence-electron chi connectivity index (χ4n) is 7.30. The number of rotatable bonds is 35. The van der Waals surface area contributed by atoms with Crippen LogP contribution in [-0.2, 0) is 28.2 Å². The predicted octanol–water partition coefficient (Wildman–Crippen LogP) is 9.25. The number of carbonyl (C=O) groups excluding carboxylic acids is 2. The first-order valence-electron chi connectivity index (χ1n) is 21.6. The van der Waals surface area contributed by atoms with Gasteiger partial charge in [0.2, 0.25) is 0 Å². The summed E-state index contributed by atoms with van der Waals surface area (Å²) in [5.74, 6) is -0.499. The fraction of sp³-hybridized carbons (Fsp3) is 0.905. The van der Waals surface area contributed by atoms with Crippen LogP contribution in [0.1, 0.15) is 188 Å². The van der Waals surface area contributed by atoms with Gasteiger partial charge in [-0.15, -0.1) is 0 Å². The largest absolute Gasteiger partial charge is 0.469 e. The molecule has 0 aromatic heterocycles. The number of unbranched alkanes of at least 4 members (excludes halogenated alkanes) is 17. The third-order valence-corrected chi connectivity index (χ3v) is 11.0. The first kappa shape index (κ1) is 50.7. The van der Waals surface area contributed by atoms with Crippen LogP contribution >= 0.6 is 7.82 Å². The van der Waals surface area contributed by atoms with Gasteiger partial charge < -0.3 is 34.6 Å². The molecule has 0 spiro atoms. The van der Waals surface area contributed by atoms with E-state index in [0.717, 1.165) is 70.1 Å². The maximum atomic E-state index is 12.5. The molecule has 0 saturated heterocycles. The van der Waals surface area contributed by atoms with E-state index in [9.17, 15) is 29.5 Å². The van der Waals surface area contributed by atoms with Gasteiger partial charge in [0.15, 0.2) is 6.10 Å². The van der Waals surface area contributed by atoms with Crippen molar-refractivity contribution in [3.05, 3.63) is 12.2 Å². The predicted molar refractivity (Wildman–Crippen MR) is 214 cm³/mol. The Morgan fingerprint density at radius 2 is 1.22 bits per heavy atom. The second kappa shape index (κ2) is 31.7. The highest BCUT2D eigenvalue weighted by Gasteiger charge is 2.39. The number of phosphoric ester groups is 1. The van der Waals surface area contributed by atoms with E-state index in [1.54, 1.807) is 6.08 Å². The standard InChI is InChI=1S/C42H79O11P/c1-4-5-19-25-35(43)29-30-38-37(39(44)31-40(38)45)26-21-17-18-23-28-42(47)53-36(33-52-54(48,49)50)32-51-41(46)27-22-16-14-12-10-8-6-7-9-11-13-15-20-24-34(2)3/h29-30,34-40,43-45H,4-28,31-33H2,1-3H3,(H2,48,49,50)/b30-29+/t35-,36+,37+,38+,39-,40+/m0/s1. The highest BCUT2D eigenvalue weighted by atomic mass is 31.2. The summed E-state index contributed by atoms with van der Waals surface area (Å²) >= 11 is 0. The summed E-state index contributed by atoms with van der Waals surface area (Å²) in [6.45, 7) is 5.75. The van der Waals surface area contributed by atoms with Gasteiger partial charge in [-0.05, 0) is 37.5 Å². The summed E-state index contributed by atoms with van der Waals surface area (Å²) < 4.78 is 26.4. The van der Waals surface area contributed by atoms with Crippen LogP contribution in [0.2, 0.25) is 0 Å². The summed E-state index contributed by atoms with van der Waals surface area (Å²) in [7, 11) is -4.81. The summed E-state index contributed by atoms with van der Waals surface area (Å²) in [5, 5.41) is 31.3. The first-order chi connectivity index (χ1) is 25.8. The Kier molecular flexibility index (Phi) is 29.8. The quantitative estimate of drug-likeness (QED) is 0.0179. The van der Waals surface area contributed by atoms with Crippen molar-refractivity contribution in [2.45, 2.75) is 212 Å². The Balaban J connectivity index is 2.24. The van der Waals surface area contributed by atoms with E-state index in [1.165, 1.54) is 64.2 Å². The lowest BCUT2D eigenvalue weighted by Crippen LogP contribution is -2.29. The fourth-order valence-corrected chi connectivity index (χ4v) is 7.66. The number of aliphatic hydroxyl groups is 3. The molecule has 11 nitrogen and oxygen atoms in total. The highest BCUT2D eigenvalue weighted by molar-refractivity contribution is 7.46. The van der Waals surface area contributed by atoms with Gasteiger partial charge in [-0.1, -0.05) is 155 Å². The second-order valence-corrected chi connectivity index (χ2v) is 17.4. The monoisotopic (exact) mass is 791 g/mol. The Labute approximate surface area is 327 Å². The molecule has 1 rings (SSSR count). The number of carbonyl (C=O) groups is 2. The Morgan fingerprint density at radius 3 is 1.78 bits per heavy atom. The molecule has 1 fully saturated rings. The van der Waals surface area contributed by atoms with Crippen molar-refractivity contribution in [1.29, 1.82) is 0 Å². The summed E-state index contributed by atoms with van der Waals surface area (Å²) in [6.07, 6.45) is 25.7. The minimum Gasteiger partial charge on any atom is -0.462 e. The number of hydrogen-bond donors (Lipinski definition) is 5. The van der Waals surface area contributed by atoms with Crippen molar-refractivity contribution in [1.82, 2.24) is 0 Å². The number of esters is 2. The lowest BCUT2D eigenvalue weighted by Gasteiger charge is -2.21. The molecule has 54 heavy (non-hydrogen) atoms. The van der Waals surface area contributed by atoms with Crippen molar-refractivity contribution < 1.29 is 53.3 Å². The van der Waals surface area contributed by atoms with Gasteiger partial charge in [0, 0.05) is 25.2 Å². The van der Waals surface area contributed by atoms with Crippen LogP contribution in [0.15, 0.2) is 12.2 Å². The number of aliphatic hydroxyl groups excluding tert-OH is 3. The van der Waals surface area contributed by atoms with Crippen LogP contribution in [0.3, 0.4) is 0 Å². The molecule has 1 saturated carbocycles. The van der Waals surface area contributed by atoms with Crippen molar-refractivity contribution in [3.8, 4) is 0 Å². The van der Waals surface area contributed by atoms with E-state index in [2.05, 4.69) is 25.3 Å². The van der Waals surface area contributed by atoms with Gasteiger partial charge >= 0.3 is 19.8 Å². The molecule has 12 heteroatoms. The third kappa shape index (κ3) is 28.1. The minimum atomic E-state index is -4.81. The molecule has 0 unspecified atom stereocenters. The van der Waals surface area contributed by atoms with Gasteiger partial charge in [-0.2, -0.15) is 0 Å². The normalized spacial score (nSPS) is 20.2. The smallest absolute Gasteiger partial charge is 0.462 e. The van der Waals surface area contributed by atoms with Crippen molar-refractivity contribution >= 4 is 19.8 Å². The summed E-state index contributed by atoms with van der Waals surface area (Å²) in [4.78, 5) is 43.1. The van der Waals surface area contributed by atoms with Crippen LogP contribution in [0.25, 0.3) is 0 Å². The molecule has 1 aliphatic rings. The van der Waals surface area contributed by atoms with Gasteiger partial charge in [0.25, 0.3) is 0 Å². The zero-order chi connectivity index (χ0) is 40.0. The summed E-state index contributed by atoms with van der Waals surface area (Å²) in [5.41, 5.74) is 0. The lowest BCUT2D eigenvalue weighted by molar-refractivity contribution is -0.161. The Morgan fingerprint density at radius 1 is 0.704 bits per heavy atom. The van der Waals surface area contributed by atoms with E-state index in [-0.39, 0.29) is 31.3 Å². The summed E-state index contributed by atoms with van der Waals surface area (Å²) in [6, 6.07) is 0. The maximum Gasteiger partial charge on any atom is 0.469 e. The molecule has 0 aliphatic heterocycles. The lowest BCUT2D eigenvalue weighted by atomic mass is 9.88. The van der Waals surface area contributed by atoms with Gasteiger partial charge in [-0.25, -0.2) is 4.57 Å². The van der Waals surface area contributed by atoms with Crippen molar-refractivity contribution in [3.63, 3.8) is 0 Å². The van der Waals surface area contributed by atoms with Crippen LogP contribution in [0.4, 0.5) is 0 Å². The molecule has 0 aromatic carbocycles. The van der Waals surface area contributed by atoms with Crippen molar-refractivity contribution in [2.24, 2.45) is 17.8 Å².